The monoisotopic (exact) mass is 307 g/mol. The summed E-state index contributed by atoms with van der Waals surface area (Å²) in [6, 6.07) is 0.625. The van der Waals surface area contributed by atoms with E-state index in [1.165, 1.54) is 76.5 Å². The predicted octanol–water partition coefficient (Wildman–Crippen LogP) is 6.30. The SMILES string of the molecule is CCCCCCCCCCCC(C)[n+]1cc[nH]c1C(C)CC. The Balaban J connectivity index is 2.13. The number of rotatable bonds is 13. The molecule has 0 aromatic carbocycles. The lowest BCUT2D eigenvalue weighted by Crippen LogP contribution is -2.40. The van der Waals surface area contributed by atoms with Gasteiger partial charge in [0.2, 0.25) is 0 Å². The second kappa shape index (κ2) is 11.7. The van der Waals surface area contributed by atoms with Gasteiger partial charge in [-0.2, -0.15) is 0 Å². The highest BCUT2D eigenvalue weighted by molar-refractivity contribution is 4.86. The van der Waals surface area contributed by atoms with Crippen LogP contribution in [0.4, 0.5) is 0 Å². The van der Waals surface area contributed by atoms with E-state index >= 15 is 0 Å². The fourth-order valence-electron chi connectivity index (χ4n) is 3.22. The molecule has 0 fully saturated rings. The van der Waals surface area contributed by atoms with Crippen LogP contribution in [0.5, 0.6) is 0 Å². The number of nitrogens with one attached hydrogen (secondary N) is 1. The van der Waals surface area contributed by atoms with E-state index in [9.17, 15) is 0 Å². The third-order valence-electron chi connectivity index (χ3n) is 5.02. The summed E-state index contributed by atoms with van der Waals surface area (Å²) in [6.07, 6.45) is 19.6. The zero-order chi connectivity index (χ0) is 16.2. The maximum absolute atomic E-state index is 3.44. The Labute approximate surface area is 138 Å². The van der Waals surface area contributed by atoms with Crippen molar-refractivity contribution in [2.45, 2.75) is 110 Å². The van der Waals surface area contributed by atoms with Crippen LogP contribution in [0.2, 0.25) is 0 Å². The molecule has 0 spiro atoms. The molecule has 1 aromatic heterocycles. The van der Waals surface area contributed by atoms with Crippen molar-refractivity contribution in [2.24, 2.45) is 0 Å². The largest absolute Gasteiger partial charge is 0.257 e. The summed E-state index contributed by atoms with van der Waals surface area (Å²) in [6.45, 7) is 9.23. The Bertz CT molecular complexity index is 370. The Hall–Kier alpha value is -0.790. The fourth-order valence-corrected chi connectivity index (χ4v) is 3.22. The molecule has 128 valence electrons. The number of imidazole rings is 1. The van der Waals surface area contributed by atoms with Crippen molar-refractivity contribution < 1.29 is 4.57 Å². The molecule has 0 amide bonds. The van der Waals surface area contributed by atoms with E-state index in [2.05, 4.69) is 49.6 Å². The smallest absolute Gasteiger partial charge is 0.247 e. The van der Waals surface area contributed by atoms with E-state index in [1.807, 2.05) is 0 Å². The topological polar surface area (TPSA) is 19.7 Å². The first kappa shape index (κ1) is 19.3. The molecule has 0 saturated carbocycles. The fraction of sp³-hybridized carbons (Fsp3) is 0.850. The van der Waals surface area contributed by atoms with Gasteiger partial charge in [0.15, 0.2) is 0 Å². The van der Waals surface area contributed by atoms with Gasteiger partial charge in [-0.25, -0.2) is 9.55 Å². The molecular weight excluding hydrogens is 268 g/mol. The summed E-state index contributed by atoms with van der Waals surface area (Å²) in [5.41, 5.74) is 0. The van der Waals surface area contributed by atoms with E-state index in [0.29, 0.717) is 12.0 Å². The van der Waals surface area contributed by atoms with E-state index < -0.39 is 0 Å². The second-order valence-electron chi connectivity index (χ2n) is 7.03. The van der Waals surface area contributed by atoms with Crippen molar-refractivity contribution in [3.05, 3.63) is 18.2 Å². The number of H-pyrrole nitrogens is 1. The summed E-state index contributed by atoms with van der Waals surface area (Å²) >= 11 is 0. The minimum Gasteiger partial charge on any atom is -0.247 e. The highest BCUT2D eigenvalue weighted by Crippen LogP contribution is 2.17. The molecule has 0 bridgehead atoms. The summed E-state index contributed by atoms with van der Waals surface area (Å²) in [5.74, 6) is 2.02. The summed E-state index contributed by atoms with van der Waals surface area (Å²) < 4.78 is 2.46. The molecule has 1 heterocycles. The van der Waals surface area contributed by atoms with Gasteiger partial charge >= 0.3 is 0 Å². The Morgan fingerprint density at radius 2 is 1.50 bits per heavy atom. The molecule has 1 rings (SSSR count). The molecule has 0 saturated heterocycles. The number of nitrogens with zero attached hydrogens (tertiary/aromatic N) is 1. The van der Waals surface area contributed by atoms with E-state index in [4.69, 9.17) is 0 Å². The molecule has 0 aliphatic carbocycles. The Morgan fingerprint density at radius 3 is 2.09 bits per heavy atom. The van der Waals surface area contributed by atoms with Gasteiger partial charge in [-0.05, 0) is 26.2 Å². The van der Waals surface area contributed by atoms with Crippen molar-refractivity contribution in [3.8, 4) is 0 Å². The average molecular weight is 308 g/mol. The predicted molar refractivity (Wildman–Crippen MR) is 96.2 cm³/mol. The van der Waals surface area contributed by atoms with Crippen LogP contribution in [0.3, 0.4) is 0 Å². The van der Waals surface area contributed by atoms with E-state index in [-0.39, 0.29) is 0 Å². The van der Waals surface area contributed by atoms with Gasteiger partial charge in [0, 0.05) is 0 Å². The lowest BCUT2D eigenvalue weighted by atomic mass is 10.0. The third-order valence-corrected chi connectivity index (χ3v) is 5.02. The van der Waals surface area contributed by atoms with Gasteiger partial charge in [0.25, 0.3) is 5.82 Å². The quantitative estimate of drug-likeness (QED) is 0.326. The minimum absolute atomic E-state index is 0.625. The lowest BCUT2D eigenvalue weighted by molar-refractivity contribution is -0.727. The molecule has 22 heavy (non-hydrogen) atoms. The molecule has 0 aliphatic rings. The van der Waals surface area contributed by atoms with Crippen LogP contribution >= 0.6 is 0 Å². The van der Waals surface area contributed by atoms with Crippen molar-refractivity contribution in [1.29, 1.82) is 0 Å². The molecule has 2 heteroatoms. The zero-order valence-corrected chi connectivity index (χ0v) is 15.5. The van der Waals surface area contributed by atoms with Crippen LogP contribution in [0.15, 0.2) is 12.4 Å². The van der Waals surface area contributed by atoms with E-state index in [0.717, 1.165) is 0 Å². The lowest BCUT2D eigenvalue weighted by Gasteiger charge is -2.12. The number of aromatic nitrogens is 2. The van der Waals surface area contributed by atoms with Crippen LogP contribution < -0.4 is 4.57 Å². The first-order chi connectivity index (χ1) is 10.7. The van der Waals surface area contributed by atoms with Crippen LogP contribution in [-0.2, 0) is 0 Å². The van der Waals surface area contributed by atoms with Crippen molar-refractivity contribution in [2.75, 3.05) is 0 Å². The van der Waals surface area contributed by atoms with Crippen LogP contribution in [0.1, 0.15) is 116 Å². The summed E-state index contributed by atoms with van der Waals surface area (Å²) in [4.78, 5) is 3.44. The minimum atomic E-state index is 0.625. The van der Waals surface area contributed by atoms with Crippen LogP contribution in [0, 0.1) is 0 Å². The highest BCUT2D eigenvalue weighted by Gasteiger charge is 2.20. The maximum Gasteiger partial charge on any atom is 0.257 e. The number of aromatic amines is 1. The average Bonchev–Trinajstić information content (AvgIpc) is 3.02. The Kier molecular flexibility index (Phi) is 10.3. The molecule has 1 aromatic rings. The summed E-state index contributed by atoms with van der Waals surface area (Å²) in [5, 5.41) is 0. The molecule has 0 radical (unpaired) electrons. The maximum atomic E-state index is 3.44. The highest BCUT2D eigenvalue weighted by atomic mass is 15.1. The van der Waals surface area contributed by atoms with Gasteiger partial charge in [0.1, 0.15) is 12.4 Å². The zero-order valence-electron chi connectivity index (χ0n) is 15.5. The normalized spacial score (nSPS) is 14.2. The van der Waals surface area contributed by atoms with Crippen molar-refractivity contribution in [3.63, 3.8) is 0 Å². The van der Waals surface area contributed by atoms with Gasteiger partial charge in [0.05, 0.1) is 12.0 Å². The first-order valence-corrected chi connectivity index (χ1v) is 9.79. The molecular formula is C20H39N2+. The number of hydrogen-bond acceptors (Lipinski definition) is 0. The van der Waals surface area contributed by atoms with Crippen LogP contribution in [-0.4, -0.2) is 4.98 Å². The molecule has 2 unspecified atom stereocenters. The molecule has 2 nitrogen and oxygen atoms in total. The van der Waals surface area contributed by atoms with E-state index in [1.54, 1.807) is 0 Å². The van der Waals surface area contributed by atoms with Gasteiger partial charge in [-0.15, -0.1) is 0 Å². The second-order valence-corrected chi connectivity index (χ2v) is 7.03. The van der Waals surface area contributed by atoms with Gasteiger partial charge < -0.3 is 0 Å². The first-order valence-electron chi connectivity index (χ1n) is 9.79. The molecule has 1 N–H and O–H groups in total. The standard InChI is InChI=1S/C20H38N2/c1-5-7-8-9-10-11-12-13-14-15-19(4)22-17-16-21-20(22)18(3)6-2/h16-19H,5-15H2,1-4H3/p+1. The van der Waals surface area contributed by atoms with Crippen molar-refractivity contribution in [1.82, 2.24) is 4.98 Å². The number of unbranched alkanes of at least 4 members (excludes halogenated alkanes) is 8. The molecule has 0 aliphatic heterocycles. The van der Waals surface area contributed by atoms with Crippen LogP contribution in [0.25, 0.3) is 0 Å². The third kappa shape index (κ3) is 6.98. The van der Waals surface area contributed by atoms with Gasteiger partial charge in [-0.3, -0.25) is 0 Å². The summed E-state index contributed by atoms with van der Waals surface area (Å²) in [7, 11) is 0. The number of hydrogen-bond donors (Lipinski definition) is 1. The Morgan fingerprint density at radius 1 is 0.909 bits per heavy atom. The van der Waals surface area contributed by atoms with Gasteiger partial charge in [-0.1, -0.05) is 72.1 Å². The van der Waals surface area contributed by atoms with Crippen molar-refractivity contribution >= 4 is 0 Å². The molecule has 2 atom stereocenters.